The van der Waals surface area contributed by atoms with Crippen LogP contribution in [0.1, 0.15) is 44.9 Å². The Morgan fingerprint density at radius 1 is 1.17 bits per heavy atom. The second-order valence-corrected chi connectivity index (χ2v) is 6.69. The van der Waals surface area contributed by atoms with Crippen molar-refractivity contribution in [3.8, 4) is 6.07 Å². The zero-order valence-electron chi connectivity index (χ0n) is 11.3. The maximum atomic E-state index is 8.95. The fourth-order valence-electron chi connectivity index (χ4n) is 3.34. The van der Waals surface area contributed by atoms with E-state index in [0.29, 0.717) is 5.41 Å². The van der Waals surface area contributed by atoms with Gasteiger partial charge in [0.1, 0.15) is 0 Å². The monoisotopic (exact) mass is 247 g/mol. The standard InChI is InChI=1S/C15H25N3/c16-8-7-15(5-6-15)12-18(14-1-2-14)11-13-3-9-17-10-4-13/h13-14,17H,1-7,9-12H2. The number of nitrogens with zero attached hydrogens (tertiary/aromatic N) is 2. The zero-order chi connectivity index (χ0) is 12.4. The molecule has 3 nitrogen and oxygen atoms in total. The Labute approximate surface area is 111 Å². The Balaban J connectivity index is 1.53. The molecule has 2 aliphatic carbocycles. The Morgan fingerprint density at radius 3 is 2.44 bits per heavy atom. The van der Waals surface area contributed by atoms with E-state index in [0.717, 1.165) is 18.4 Å². The summed E-state index contributed by atoms with van der Waals surface area (Å²) >= 11 is 0. The summed E-state index contributed by atoms with van der Waals surface area (Å²) in [4.78, 5) is 2.74. The van der Waals surface area contributed by atoms with Crippen LogP contribution in [0.3, 0.4) is 0 Å². The molecule has 0 amide bonds. The Morgan fingerprint density at radius 2 is 1.89 bits per heavy atom. The highest BCUT2D eigenvalue weighted by molar-refractivity contribution is 5.03. The van der Waals surface area contributed by atoms with Crippen LogP contribution in [0, 0.1) is 22.7 Å². The number of piperidine rings is 1. The van der Waals surface area contributed by atoms with Gasteiger partial charge in [0.05, 0.1) is 6.07 Å². The predicted molar refractivity (Wildman–Crippen MR) is 72.1 cm³/mol. The maximum absolute atomic E-state index is 8.95. The predicted octanol–water partition coefficient (Wildman–Crippen LogP) is 2.14. The van der Waals surface area contributed by atoms with Crippen LogP contribution in [-0.2, 0) is 0 Å². The molecule has 1 N–H and O–H groups in total. The molecule has 0 aromatic carbocycles. The fraction of sp³-hybridized carbons (Fsp3) is 0.933. The molecule has 0 spiro atoms. The third-order valence-electron chi connectivity index (χ3n) is 4.96. The van der Waals surface area contributed by atoms with E-state index < -0.39 is 0 Å². The van der Waals surface area contributed by atoms with E-state index in [2.05, 4.69) is 16.3 Å². The van der Waals surface area contributed by atoms with Crippen LogP contribution >= 0.6 is 0 Å². The largest absolute Gasteiger partial charge is 0.317 e. The molecular formula is C15H25N3. The minimum absolute atomic E-state index is 0.393. The molecule has 0 atom stereocenters. The first-order valence-corrected chi connectivity index (χ1v) is 7.63. The zero-order valence-corrected chi connectivity index (χ0v) is 11.3. The summed E-state index contributed by atoms with van der Waals surface area (Å²) in [6.45, 7) is 4.90. The van der Waals surface area contributed by atoms with Gasteiger partial charge in [-0.2, -0.15) is 5.26 Å². The van der Waals surface area contributed by atoms with Crippen LogP contribution in [0.25, 0.3) is 0 Å². The first kappa shape index (κ1) is 12.4. The molecule has 3 rings (SSSR count). The summed E-state index contributed by atoms with van der Waals surface area (Å²) in [5.41, 5.74) is 0.393. The van der Waals surface area contributed by atoms with Crippen molar-refractivity contribution >= 4 is 0 Å². The lowest BCUT2D eigenvalue weighted by Gasteiger charge is -2.32. The molecule has 0 radical (unpaired) electrons. The quantitative estimate of drug-likeness (QED) is 0.781. The summed E-state index contributed by atoms with van der Waals surface area (Å²) in [6, 6.07) is 3.26. The summed E-state index contributed by atoms with van der Waals surface area (Å²) in [5.74, 6) is 0.893. The third-order valence-corrected chi connectivity index (χ3v) is 4.96. The molecular weight excluding hydrogens is 222 g/mol. The fourth-order valence-corrected chi connectivity index (χ4v) is 3.34. The van der Waals surface area contributed by atoms with E-state index in [-0.39, 0.29) is 0 Å². The van der Waals surface area contributed by atoms with Crippen molar-refractivity contribution in [2.45, 2.75) is 51.0 Å². The van der Waals surface area contributed by atoms with Crippen LogP contribution in [0.4, 0.5) is 0 Å². The second-order valence-electron chi connectivity index (χ2n) is 6.69. The van der Waals surface area contributed by atoms with Gasteiger partial charge in [-0.25, -0.2) is 0 Å². The lowest BCUT2D eigenvalue weighted by molar-refractivity contribution is 0.165. The molecule has 0 aromatic heterocycles. The average Bonchev–Trinajstić information content (AvgIpc) is 3.25. The SMILES string of the molecule is N#CCC1(CN(CC2CCNCC2)C2CC2)CC1. The van der Waals surface area contributed by atoms with Gasteiger partial charge in [0.2, 0.25) is 0 Å². The topological polar surface area (TPSA) is 39.1 Å². The van der Waals surface area contributed by atoms with E-state index in [1.807, 2.05) is 0 Å². The highest BCUT2D eigenvalue weighted by Gasteiger charge is 2.46. The van der Waals surface area contributed by atoms with Crippen molar-refractivity contribution in [1.29, 1.82) is 5.26 Å². The molecule has 3 fully saturated rings. The van der Waals surface area contributed by atoms with E-state index >= 15 is 0 Å². The summed E-state index contributed by atoms with van der Waals surface area (Å²) in [6.07, 6.45) is 8.83. The highest BCUT2D eigenvalue weighted by Crippen LogP contribution is 2.50. The highest BCUT2D eigenvalue weighted by atomic mass is 15.2. The molecule has 0 aromatic rings. The van der Waals surface area contributed by atoms with Gasteiger partial charge < -0.3 is 5.32 Å². The van der Waals surface area contributed by atoms with Gasteiger partial charge in [-0.05, 0) is 62.9 Å². The van der Waals surface area contributed by atoms with Crippen molar-refractivity contribution in [2.75, 3.05) is 26.2 Å². The summed E-state index contributed by atoms with van der Waals surface area (Å²) in [5, 5.41) is 12.4. The van der Waals surface area contributed by atoms with Crippen molar-refractivity contribution in [1.82, 2.24) is 10.2 Å². The third kappa shape index (κ3) is 3.05. The molecule has 0 unspecified atom stereocenters. The van der Waals surface area contributed by atoms with Gasteiger partial charge in [-0.1, -0.05) is 0 Å². The molecule has 18 heavy (non-hydrogen) atoms. The first-order chi connectivity index (χ1) is 8.81. The van der Waals surface area contributed by atoms with E-state index in [1.54, 1.807) is 0 Å². The first-order valence-electron chi connectivity index (χ1n) is 7.63. The van der Waals surface area contributed by atoms with Crippen LogP contribution in [0.5, 0.6) is 0 Å². The minimum Gasteiger partial charge on any atom is -0.317 e. The molecule has 100 valence electrons. The normalized spacial score (nSPS) is 27.1. The van der Waals surface area contributed by atoms with Crippen molar-refractivity contribution in [3.63, 3.8) is 0 Å². The van der Waals surface area contributed by atoms with Gasteiger partial charge >= 0.3 is 0 Å². The van der Waals surface area contributed by atoms with E-state index in [9.17, 15) is 0 Å². The molecule has 2 saturated carbocycles. The average molecular weight is 247 g/mol. The lowest BCUT2D eigenvalue weighted by Crippen LogP contribution is -2.40. The molecule has 1 heterocycles. The second kappa shape index (κ2) is 5.19. The Kier molecular flexibility index (Phi) is 3.59. The van der Waals surface area contributed by atoms with Gasteiger partial charge in [0.25, 0.3) is 0 Å². The minimum atomic E-state index is 0.393. The number of rotatable bonds is 6. The molecule has 0 bridgehead atoms. The van der Waals surface area contributed by atoms with Gasteiger partial charge in [0, 0.05) is 25.6 Å². The van der Waals surface area contributed by atoms with Crippen LogP contribution < -0.4 is 5.32 Å². The van der Waals surface area contributed by atoms with E-state index in [4.69, 9.17) is 5.26 Å². The molecule has 3 heteroatoms. The molecule has 1 aliphatic heterocycles. The molecule has 1 saturated heterocycles. The van der Waals surface area contributed by atoms with Gasteiger partial charge in [0.15, 0.2) is 0 Å². The van der Waals surface area contributed by atoms with Crippen LogP contribution in [0.2, 0.25) is 0 Å². The smallest absolute Gasteiger partial charge is 0.0628 e. The van der Waals surface area contributed by atoms with Crippen LogP contribution in [0.15, 0.2) is 0 Å². The van der Waals surface area contributed by atoms with Gasteiger partial charge in [-0.3, -0.25) is 4.90 Å². The number of hydrogen-bond donors (Lipinski definition) is 1. The number of hydrogen-bond acceptors (Lipinski definition) is 3. The van der Waals surface area contributed by atoms with Crippen molar-refractivity contribution < 1.29 is 0 Å². The summed E-state index contributed by atoms with van der Waals surface area (Å²) < 4.78 is 0. The van der Waals surface area contributed by atoms with Crippen molar-refractivity contribution in [2.24, 2.45) is 11.3 Å². The Bertz CT molecular complexity index is 319. The summed E-state index contributed by atoms with van der Waals surface area (Å²) in [7, 11) is 0. The number of nitrogens with one attached hydrogen (secondary N) is 1. The molecule has 3 aliphatic rings. The Hall–Kier alpha value is -0.590. The maximum Gasteiger partial charge on any atom is 0.0628 e. The van der Waals surface area contributed by atoms with Crippen molar-refractivity contribution in [3.05, 3.63) is 0 Å². The van der Waals surface area contributed by atoms with E-state index in [1.165, 1.54) is 64.7 Å². The number of nitriles is 1. The van der Waals surface area contributed by atoms with Crippen LogP contribution in [-0.4, -0.2) is 37.1 Å². The lowest BCUT2D eigenvalue weighted by atomic mass is 9.96. The van der Waals surface area contributed by atoms with Gasteiger partial charge in [-0.15, -0.1) is 0 Å².